The van der Waals surface area contributed by atoms with E-state index < -0.39 is 0 Å². The van der Waals surface area contributed by atoms with Crippen molar-refractivity contribution in [3.63, 3.8) is 0 Å². The second-order valence-corrected chi connectivity index (χ2v) is 15.6. The Labute approximate surface area is 238 Å². The number of rotatable bonds is 1. The van der Waals surface area contributed by atoms with Gasteiger partial charge in [-0.2, -0.15) is 15.0 Å². The van der Waals surface area contributed by atoms with Crippen LogP contribution in [0.4, 0.5) is 4.79 Å². The van der Waals surface area contributed by atoms with Crippen molar-refractivity contribution in [1.29, 1.82) is 5.26 Å². The second-order valence-electron chi connectivity index (χ2n) is 15.6. The molecule has 1 spiro atoms. The minimum atomic E-state index is -0.249. The fraction of sp³-hybridized carbons (Fsp3) is 0.706. The van der Waals surface area contributed by atoms with E-state index in [9.17, 15) is 14.9 Å². The quantitative estimate of drug-likeness (QED) is 0.395. The molecule has 6 aliphatic carbocycles. The highest BCUT2D eigenvalue weighted by Crippen LogP contribution is 2.76. The average Bonchev–Trinajstić information content (AvgIpc) is 3.45. The van der Waals surface area contributed by atoms with E-state index in [1.54, 1.807) is 12.4 Å². The van der Waals surface area contributed by atoms with Crippen molar-refractivity contribution < 1.29 is 9.59 Å². The number of hydrogen-bond acceptors (Lipinski definition) is 4. The van der Waals surface area contributed by atoms with Crippen molar-refractivity contribution in [2.45, 2.75) is 97.9 Å². The smallest absolute Gasteiger partial charge is 0.330 e. The van der Waals surface area contributed by atoms with E-state index in [1.807, 2.05) is 6.07 Å². The van der Waals surface area contributed by atoms with Crippen LogP contribution in [0.1, 0.15) is 92.4 Å². The number of hydrogen-bond donors (Lipinski definition) is 1. The third kappa shape index (κ3) is 3.42. The van der Waals surface area contributed by atoms with Gasteiger partial charge in [-0.25, -0.2) is 4.79 Å². The van der Waals surface area contributed by atoms with Crippen LogP contribution in [0.5, 0.6) is 0 Å². The summed E-state index contributed by atoms with van der Waals surface area (Å²) in [7, 11) is 0. The Hall–Kier alpha value is -2.68. The lowest BCUT2D eigenvalue weighted by molar-refractivity contribution is -0.125. The molecule has 6 heteroatoms. The normalized spacial score (nSPS) is 44.1. The first kappa shape index (κ1) is 26.2. The number of carbonyl (C=O) groups excluding carboxylic acids is 2. The van der Waals surface area contributed by atoms with Crippen LogP contribution in [-0.2, 0) is 4.79 Å². The van der Waals surface area contributed by atoms with E-state index in [2.05, 4.69) is 63.3 Å². The summed E-state index contributed by atoms with van der Waals surface area (Å²) < 4.78 is 1.46. The first-order chi connectivity index (χ1) is 18.9. The molecule has 7 rings (SSSR count). The molecule has 0 saturated heterocycles. The molecule has 1 amide bonds. The summed E-state index contributed by atoms with van der Waals surface area (Å²) in [4.78, 5) is 26.5. The van der Waals surface area contributed by atoms with Gasteiger partial charge < -0.3 is 5.32 Å². The molecule has 1 aromatic rings. The maximum atomic E-state index is 13.4. The van der Waals surface area contributed by atoms with Gasteiger partial charge in [0.15, 0.2) is 5.78 Å². The van der Waals surface area contributed by atoms with Crippen LogP contribution >= 0.6 is 0 Å². The molecule has 0 aliphatic heterocycles. The number of allylic oxidation sites excluding steroid dienone is 4. The molecule has 8 unspecified atom stereocenters. The predicted octanol–water partition coefficient (Wildman–Crippen LogP) is 6.84. The molecule has 8 atom stereocenters. The van der Waals surface area contributed by atoms with Crippen LogP contribution < -0.4 is 5.32 Å². The molecule has 4 saturated carbocycles. The number of Topliss-reactive ketones (excluding diaryl/α,β-unsaturated/α-hetero) is 1. The summed E-state index contributed by atoms with van der Waals surface area (Å²) >= 11 is 0. The number of nitrogens with zero attached hydrogens (tertiary/aromatic N) is 3. The van der Waals surface area contributed by atoms with Crippen molar-refractivity contribution >= 4 is 11.8 Å². The van der Waals surface area contributed by atoms with Gasteiger partial charge >= 0.3 is 6.03 Å². The highest BCUT2D eigenvalue weighted by atomic mass is 16.2. The SMILES string of the molecule is CC1C(=O)C(C#N)=CC2(C)C3=CC4(CC4)C4C5CC(C)(C)CCC5(NC(=O)n5cccn5)CCC4C3(C)CCC12. The number of nitriles is 1. The van der Waals surface area contributed by atoms with Gasteiger partial charge in [0.05, 0.1) is 5.57 Å². The minimum Gasteiger partial charge on any atom is -0.330 e. The molecule has 1 heterocycles. The zero-order valence-corrected chi connectivity index (χ0v) is 24.8. The van der Waals surface area contributed by atoms with Gasteiger partial charge in [0, 0.05) is 29.3 Å². The molecule has 1 aromatic heterocycles. The summed E-state index contributed by atoms with van der Waals surface area (Å²) in [6.45, 7) is 11.7. The van der Waals surface area contributed by atoms with Crippen LogP contribution in [0.2, 0.25) is 0 Å². The zero-order chi connectivity index (χ0) is 28.3. The van der Waals surface area contributed by atoms with Crippen molar-refractivity contribution in [3.05, 3.63) is 41.8 Å². The number of nitrogens with one attached hydrogen (secondary N) is 1. The lowest BCUT2D eigenvalue weighted by atomic mass is 9.38. The Morgan fingerprint density at radius 3 is 2.45 bits per heavy atom. The predicted molar refractivity (Wildman–Crippen MR) is 153 cm³/mol. The molecule has 40 heavy (non-hydrogen) atoms. The Kier molecular flexibility index (Phi) is 5.38. The highest BCUT2D eigenvalue weighted by Gasteiger charge is 2.69. The van der Waals surface area contributed by atoms with Crippen molar-refractivity contribution in [1.82, 2.24) is 15.1 Å². The Balaban J connectivity index is 1.34. The Bertz CT molecular complexity index is 1380. The van der Waals surface area contributed by atoms with Gasteiger partial charge in [0.1, 0.15) is 6.07 Å². The molecule has 0 bridgehead atoms. The van der Waals surface area contributed by atoms with Crippen LogP contribution in [-0.4, -0.2) is 27.1 Å². The standard InChI is InChI=1S/C34H44N4O2/c1-21-23-7-9-31(4)24-8-10-34(37-29(40)38-16-6-15-36-38)14-11-30(2,3)18-25(34)27(24)33(12-13-33)19-26(31)32(23,5)17-22(20-35)28(21)39/h6,15-17,19,21,23-25,27H,7-14,18H2,1-5H3,(H,37,40). The number of ketones is 1. The summed E-state index contributed by atoms with van der Waals surface area (Å²) in [6.07, 6.45) is 18.1. The average molecular weight is 541 g/mol. The Morgan fingerprint density at radius 2 is 1.77 bits per heavy atom. The number of carbonyl (C=O) groups is 2. The van der Waals surface area contributed by atoms with E-state index in [0.717, 1.165) is 44.9 Å². The van der Waals surface area contributed by atoms with Crippen LogP contribution in [0.25, 0.3) is 0 Å². The molecule has 212 valence electrons. The lowest BCUT2D eigenvalue weighted by Gasteiger charge is -2.67. The third-order valence-electron chi connectivity index (χ3n) is 13.1. The number of fused-ring (bicyclic) bond motifs is 8. The molecule has 1 N–H and O–H groups in total. The topological polar surface area (TPSA) is 87.8 Å². The summed E-state index contributed by atoms with van der Waals surface area (Å²) in [5.41, 5.74) is 1.89. The van der Waals surface area contributed by atoms with Crippen molar-refractivity contribution in [2.75, 3.05) is 0 Å². The zero-order valence-electron chi connectivity index (χ0n) is 24.8. The molecule has 6 nitrogen and oxygen atoms in total. The van der Waals surface area contributed by atoms with E-state index in [-0.39, 0.29) is 50.8 Å². The molecular weight excluding hydrogens is 496 g/mol. The van der Waals surface area contributed by atoms with E-state index in [4.69, 9.17) is 0 Å². The van der Waals surface area contributed by atoms with Gasteiger partial charge in [0.25, 0.3) is 0 Å². The molecular formula is C34H44N4O2. The number of amides is 1. The number of aromatic nitrogens is 2. The van der Waals surface area contributed by atoms with E-state index in [1.165, 1.54) is 23.1 Å². The fourth-order valence-corrected chi connectivity index (χ4v) is 10.9. The van der Waals surface area contributed by atoms with Gasteiger partial charge in [-0.3, -0.25) is 4.79 Å². The van der Waals surface area contributed by atoms with Crippen molar-refractivity contribution in [3.8, 4) is 6.07 Å². The van der Waals surface area contributed by atoms with Gasteiger partial charge in [0.2, 0.25) is 0 Å². The maximum Gasteiger partial charge on any atom is 0.342 e. The first-order valence-electron chi connectivity index (χ1n) is 15.6. The second kappa shape index (κ2) is 8.20. The van der Waals surface area contributed by atoms with Gasteiger partial charge in [-0.1, -0.05) is 52.3 Å². The Morgan fingerprint density at radius 1 is 1.02 bits per heavy atom. The van der Waals surface area contributed by atoms with E-state index >= 15 is 0 Å². The molecule has 4 fully saturated rings. The van der Waals surface area contributed by atoms with Crippen LogP contribution in [0.15, 0.2) is 41.8 Å². The monoisotopic (exact) mass is 540 g/mol. The van der Waals surface area contributed by atoms with Crippen LogP contribution in [0, 0.1) is 62.6 Å². The summed E-state index contributed by atoms with van der Waals surface area (Å²) in [6, 6.07) is 3.97. The first-order valence-corrected chi connectivity index (χ1v) is 15.6. The van der Waals surface area contributed by atoms with E-state index in [0.29, 0.717) is 23.3 Å². The molecule has 0 aromatic carbocycles. The lowest BCUT2D eigenvalue weighted by Crippen LogP contribution is -2.67. The van der Waals surface area contributed by atoms with Gasteiger partial charge in [-0.15, -0.1) is 0 Å². The van der Waals surface area contributed by atoms with Gasteiger partial charge in [-0.05, 0) is 104 Å². The summed E-state index contributed by atoms with van der Waals surface area (Å²) in [5.74, 6) is 1.69. The van der Waals surface area contributed by atoms with Crippen LogP contribution in [0.3, 0.4) is 0 Å². The molecule has 0 radical (unpaired) electrons. The van der Waals surface area contributed by atoms with Crippen molar-refractivity contribution in [2.24, 2.45) is 51.2 Å². The fourth-order valence-electron chi connectivity index (χ4n) is 10.9. The largest absolute Gasteiger partial charge is 0.342 e. The maximum absolute atomic E-state index is 13.4. The third-order valence-corrected chi connectivity index (χ3v) is 13.1. The minimum absolute atomic E-state index is 0.0313. The molecule has 6 aliphatic rings. The highest BCUT2D eigenvalue weighted by molar-refractivity contribution is 6.02. The summed E-state index contributed by atoms with van der Waals surface area (Å²) in [5, 5.41) is 17.7.